The third-order valence-corrected chi connectivity index (χ3v) is 4.67. The molecule has 1 aromatic rings. The van der Waals surface area contributed by atoms with E-state index in [1.54, 1.807) is 0 Å². The summed E-state index contributed by atoms with van der Waals surface area (Å²) in [6.07, 6.45) is 0. The highest BCUT2D eigenvalue weighted by Crippen LogP contribution is 2.25. The van der Waals surface area contributed by atoms with Crippen molar-refractivity contribution in [2.75, 3.05) is 32.5 Å². The minimum absolute atomic E-state index is 0.0869. The van der Waals surface area contributed by atoms with Crippen LogP contribution >= 0.6 is 0 Å². The molecule has 0 aromatic heterocycles. The first-order valence-electron chi connectivity index (χ1n) is 6.33. The predicted octanol–water partition coefficient (Wildman–Crippen LogP) is 1.70. The first kappa shape index (κ1) is 16.9. The molecule has 0 amide bonds. The van der Waals surface area contributed by atoms with Crippen LogP contribution in [-0.4, -0.2) is 39.5 Å². The summed E-state index contributed by atoms with van der Waals surface area (Å²) >= 11 is 0. The topological polar surface area (TPSA) is 72.6 Å². The fraction of sp³-hybridized carbons (Fsp3) is 0.538. The monoisotopic (exact) mass is 304 g/mol. The molecule has 0 saturated carbocycles. The largest absolute Gasteiger partial charge is 0.398 e. The number of sulfonamides is 1. The predicted molar refractivity (Wildman–Crippen MR) is 76.3 cm³/mol. The maximum Gasteiger partial charge on any atom is 0.248 e. The molecule has 1 aromatic carbocycles. The fourth-order valence-electron chi connectivity index (χ4n) is 1.84. The van der Waals surface area contributed by atoms with Crippen LogP contribution < -0.4 is 5.73 Å². The van der Waals surface area contributed by atoms with E-state index < -0.39 is 20.7 Å². The first-order chi connectivity index (χ1) is 9.30. The molecular formula is C13H21FN2O3S. The van der Waals surface area contributed by atoms with Crippen LogP contribution in [-0.2, 0) is 14.8 Å². The highest BCUT2D eigenvalue weighted by Gasteiger charge is 2.29. The van der Waals surface area contributed by atoms with Crippen molar-refractivity contribution in [1.82, 2.24) is 4.31 Å². The lowest BCUT2D eigenvalue weighted by Crippen LogP contribution is -2.37. The summed E-state index contributed by atoms with van der Waals surface area (Å²) in [7, 11) is -2.49. The molecule has 7 heteroatoms. The van der Waals surface area contributed by atoms with Gasteiger partial charge in [0.1, 0.15) is 10.7 Å². The lowest BCUT2D eigenvalue weighted by Gasteiger charge is -2.24. The van der Waals surface area contributed by atoms with Gasteiger partial charge in [-0.05, 0) is 18.1 Å². The Labute approximate surface area is 119 Å². The summed E-state index contributed by atoms with van der Waals surface area (Å²) in [6.45, 7) is 4.45. The number of nitrogen functional groups attached to an aromatic ring is 1. The molecule has 0 aliphatic carbocycles. The standard InChI is InChI=1S/C13H21FN2O3S/c1-10(2)9-16(7-8-19-3)20(17,18)13-11(14)5-4-6-12(13)15/h4-6,10H,7-9,15H2,1-3H3. The van der Waals surface area contributed by atoms with Gasteiger partial charge in [-0.25, -0.2) is 12.8 Å². The zero-order chi connectivity index (χ0) is 15.3. The Hall–Kier alpha value is -1.18. The maximum atomic E-state index is 13.8. The highest BCUT2D eigenvalue weighted by atomic mass is 32.2. The van der Waals surface area contributed by atoms with Crippen LogP contribution in [0.1, 0.15) is 13.8 Å². The van der Waals surface area contributed by atoms with Crippen molar-refractivity contribution in [3.05, 3.63) is 24.0 Å². The second-order valence-corrected chi connectivity index (χ2v) is 6.78. The number of nitrogens with zero attached hydrogens (tertiary/aromatic N) is 1. The Morgan fingerprint density at radius 3 is 2.55 bits per heavy atom. The molecule has 0 aliphatic heterocycles. The van der Waals surface area contributed by atoms with Crippen molar-refractivity contribution in [1.29, 1.82) is 0 Å². The van der Waals surface area contributed by atoms with Gasteiger partial charge in [0.25, 0.3) is 0 Å². The number of methoxy groups -OCH3 is 1. The van der Waals surface area contributed by atoms with Gasteiger partial charge in [0.15, 0.2) is 0 Å². The molecule has 0 unspecified atom stereocenters. The van der Waals surface area contributed by atoms with E-state index in [0.717, 1.165) is 6.07 Å². The lowest BCUT2D eigenvalue weighted by atomic mass is 10.2. The summed E-state index contributed by atoms with van der Waals surface area (Å²) in [4.78, 5) is -0.461. The van der Waals surface area contributed by atoms with E-state index in [4.69, 9.17) is 10.5 Å². The average molecular weight is 304 g/mol. The normalized spacial score (nSPS) is 12.3. The molecule has 0 spiro atoms. The van der Waals surface area contributed by atoms with E-state index in [1.165, 1.54) is 23.5 Å². The fourth-order valence-corrected chi connectivity index (χ4v) is 3.58. The molecule has 0 aliphatic rings. The number of nitrogens with two attached hydrogens (primary N) is 1. The molecule has 0 bridgehead atoms. The number of hydrogen-bond acceptors (Lipinski definition) is 4. The minimum Gasteiger partial charge on any atom is -0.398 e. The summed E-state index contributed by atoms with van der Waals surface area (Å²) in [5.74, 6) is -0.731. The van der Waals surface area contributed by atoms with Crippen LogP contribution in [0.5, 0.6) is 0 Å². The minimum atomic E-state index is -3.98. The Bertz CT molecular complexity index is 526. The van der Waals surface area contributed by atoms with Crippen molar-refractivity contribution >= 4 is 15.7 Å². The van der Waals surface area contributed by atoms with Crippen molar-refractivity contribution in [2.24, 2.45) is 5.92 Å². The van der Waals surface area contributed by atoms with E-state index in [-0.39, 0.29) is 31.3 Å². The average Bonchev–Trinajstić information content (AvgIpc) is 2.33. The summed E-state index contributed by atoms with van der Waals surface area (Å²) in [6, 6.07) is 3.85. The van der Waals surface area contributed by atoms with Crippen molar-refractivity contribution in [3.63, 3.8) is 0 Å². The van der Waals surface area contributed by atoms with Crippen molar-refractivity contribution < 1.29 is 17.5 Å². The summed E-state index contributed by atoms with van der Waals surface area (Å²) in [5.41, 5.74) is 5.54. The lowest BCUT2D eigenvalue weighted by molar-refractivity contribution is 0.175. The van der Waals surface area contributed by atoms with Gasteiger partial charge in [-0.2, -0.15) is 4.31 Å². The van der Waals surface area contributed by atoms with Crippen molar-refractivity contribution in [3.8, 4) is 0 Å². The van der Waals surface area contributed by atoms with Gasteiger partial charge in [-0.15, -0.1) is 0 Å². The third-order valence-electron chi connectivity index (χ3n) is 2.71. The summed E-state index contributed by atoms with van der Waals surface area (Å²) in [5, 5.41) is 0. The second-order valence-electron chi connectivity index (χ2n) is 4.91. The Kier molecular flexibility index (Phi) is 5.91. The second kappa shape index (κ2) is 7.01. The number of benzene rings is 1. The van der Waals surface area contributed by atoms with E-state index in [0.29, 0.717) is 0 Å². The number of anilines is 1. The quantitative estimate of drug-likeness (QED) is 0.778. The van der Waals surface area contributed by atoms with Gasteiger partial charge in [0.05, 0.1) is 12.3 Å². The molecule has 20 heavy (non-hydrogen) atoms. The van der Waals surface area contributed by atoms with Crippen LogP contribution in [0, 0.1) is 11.7 Å². The molecule has 2 N–H and O–H groups in total. The van der Waals surface area contributed by atoms with E-state index >= 15 is 0 Å². The Balaban J connectivity index is 3.21. The molecule has 1 rings (SSSR count). The first-order valence-corrected chi connectivity index (χ1v) is 7.77. The van der Waals surface area contributed by atoms with Crippen LogP contribution in [0.25, 0.3) is 0 Å². The van der Waals surface area contributed by atoms with Gasteiger partial charge in [-0.1, -0.05) is 19.9 Å². The molecule has 0 fully saturated rings. The number of halogens is 1. The highest BCUT2D eigenvalue weighted by molar-refractivity contribution is 7.89. The van der Waals surface area contributed by atoms with Gasteiger partial charge < -0.3 is 10.5 Å². The van der Waals surface area contributed by atoms with Crippen LogP contribution in [0.3, 0.4) is 0 Å². The molecular weight excluding hydrogens is 283 g/mol. The molecule has 0 saturated heterocycles. The zero-order valence-corrected chi connectivity index (χ0v) is 12.8. The van der Waals surface area contributed by atoms with Crippen LogP contribution in [0.4, 0.5) is 10.1 Å². The molecule has 0 radical (unpaired) electrons. The maximum absolute atomic E-state index is 13.8. The summed E-state index contributed by atoms with van der Waals surface area (Å²) < 4.78 is 45.1. The number of ether oxygens (including phenoxy) is 1. The van der Waals surface area contributed by atoms with Gasteiger partial charge >= 0.3 is 0 Å². The van der Waals surface area contributed by atoms with Crippen LogP contribution in [0.2, 0.25) is 0 Å². The van der Waals surface area contributed by atoms with Gasteiger partial charge in [0.2, 0.25) is 10.0 Å². The molecule has 114 valence electrons. The van der Waals surface area contributed by atoms with Crippen LogP contribution in [0.15, 0.2) is 23.1 Å². The smallest absolute Gasteiger partial charge is 0.248 e. The SMILES string of the molecule is COCCN(CC(C)C)S(=O)(=O)c1c(N)cccc1F. The van der Waals surface area contributed by atoms with Crippen molar-refractivity contribution in [2.45, 2.75) is 18.7 Å². The van der Waals surface area contributed by atoms with Gasteiger partial charge in [0, 0.05) is 20.2 Å². The van der Waals surface area contributed by atoms with E-state index in [1.807, 2.05) is 13.8 Å². The number of rotatable bonds is 7. The van der Waals surface area contributed by atoms with E-state index in [2.05, 4.69) is 0 Å². The number of hydrogen-bond donors (Lipinski definition) is 1. The zero-order valence-electron chi connectivity index (χ0n) is 12.0. The Morgan fingerprint density at radius 2 is 2.05 bits per heavy atom. The molecule has 0 atom stereocenters. The van der Waals surface area contributed by atoms with E-state index in [9.17, 15) is 12.8 Å². The molecule has 5 nitrogen and oxygen atoms in total. The van der Waals surface area contributed by atoms with Gasteiger partial charge in [-0.3, -0.25) is 0 Å². The third kappa shape index (κ3) is 3.91. The molecule has 0 heterocycles. The Morgan fingerprint density at radius 1 is 1.40 bits per heavy atom.